The van der Waals surface area contributed by atoms with E-state index in [1.165, 1.54) is 7.11 Å². The molecule has 27 heavy (non-hydrogen) atoms. The predicted octanol–water partition coefficient (Wildman–Crippen LogP) is 3.55. The van der Waals surface area contributed by atoms with Gasteiger partial charge in [-0.05, 0) is 48.7 Å². The molecule has 0 amide bonds. The van der Waals surface area contributed by atoms with E-state index in [9.17, 15) is 14.9 Å². The smallest absolute Gasteiger partial charge is 0.365 e. The molecule has 0 aliphatic carbocycles. The molecule has 2 atom stereocenters. The van der Waals surface area contributed by atoms with E-state index < -0.39 is 22.7 Å². The fraction of sp³-hybridized carbons (Fsp3) is 0.250. The number of methoxy groups -OCH3 is 1. The fourth-order valence-electron chi connectivity index (χ4n) is 3.68. The summed E-state index contributed by atoms with van der Waals surface area (Å²) in [5.41, 5.74) is 2.27. The van der Waals surface area contributed by atoms with Crippen molar-refractivity contribution < 1.29 is 18.8 Å². The summed E-state index contributed by atoms with van der Waals surface area (Å²) in [6.07, 6.45) is -1.40. The molecule has 0 bridgehead atoms. The van der Waals surface area contributed by atoms with E-state index in [2.05, 4.69) is 0 Å². The first-order valence-electron chi connectivity index (χ1n) is 8.42. The largest absolute Gasteiger partial charge is 0.497 e. The molecule has 2 unspecified atom stereocenters. The van der Waals surface area contributed by atoms with Crippen molar-refractivity contribution in [1.29, 1.82) is 0 Å². The molecule has 3 aromatic rings. The summed E-state index contributed by atoms with van der Waals surface area (Å²) in [7, 11) is 1.54. The lowest BCUT2D eigenvalue weighted by atomic mass is 9.91. The first-order valence-corrected chi connectivity index (χ1v) is 8.42. The zero-order valence-corrected chi connectivity index (χ0v) is 15.0. The van der Waals surface area contributed by atoms with Crippen molar-refractivity contribution in [2.45, 2.75) is 26.0 Å². The van der Waals surface area contributed by atoms with E-state index in [0.717, 1.165) is 11.1 Å². The molecule has 7 heteroatoms. The molecule has 0 radical (unpaired) electrons. The molecule has 0 N–H and O–H groups in total. The van der Waals surface area contributed by atoms with Gasteiger partial charge in [0.25, 0.3) is 0 Å². The normalized spacial score (nSPS) is 18.2. The van der Waals surface area contributed by atoms with Crippen LogP contribution in [0.5, 0.6) is 11.5 Å². The van der Waals surface area contributed by atoms with Crippen LogP contribution >= 0.6 is 0 Å². The molecule has 0 fully saturated rings. The topological polar surface area (TPSA) is 91.8 Å². The summed E-state index contributed by atoms with van der Waals surface area (Å²) >= 11 is 0. The number of nitrogens with zero attached hydrogens (tertiary/aromatic N) is 1. The summed E-state index contributed by atoms with van der Waals surface area (Å²) in [6, 6.07) is 10.5. The Morgan fingerprint density at radius 3 is 2.48 bits per heavy atom. The molecule has 0 spiro atoms. The number of ether oxygens (including phenoxy) is 2. The molecule has 7 nitrogen and oxygen atoms in total. The first-order chi connectivity index (χ1) is 12.9. The van der Waals surface area contributed by atoms with Crippen LogP contribution in [0.15, 0.2) is 45.6 Å². The van der Waals surface area contributed by atoms with Crippen LogP contribution in [0.4, 0.5) is 0 Å². The van der Waals surface area contributed by atoms with E-state index in [1.54, 1.807) is 24.3 Å². The Kier molecular flexibility index (Phi) is 3.87. The van der Waals surface area contributed by atoms with Crippen LogP contribution in [0, 0.1) is 24.0 Å². The molecule has 2 aromatic carbocycles. The molecule has 2 heterocycles. The van der Waals surface area contributed by atoms with Crippen LogP contribution in [0.3, 0.4) is 0 Å². The lowest BCUT2D eigenvalue weighted by molar-refractivity contribution is -0.561. The molecule has 1 aliphatic heterocycles. The molecule has 1 aliphatic rings. The van der Waals surface area contributed by atoms with Crippen molar-refractivity contribution >= 4 is 11.0 Å². The third-order valence-electron chi connectivity index (χ3n) is 4.84. The second-order valence-electron chi connectivity index (χ2n) is 6.64. The van der Waals surface area contributed by atoms with Crippen LogP contribution < -0.4 is 15.1 Å². The fourth-order valence-corrected chi connectivity index (χ4v) is 3.68. The number of rotatable bonds is 3. The van der Waals surface area contributed by atoms with Gasteiger partial charge < -0.3 is 13.9 Å². The van der Waals surface area contributed by atoms with Gasteiger partial charge in [0.05, 0.1) is 23.0 Å². The number of nitro groups is 1. The summed E-state index contributed by atoms with van der Waals surface area (Å²) in [5, 5.41) is 12.3. The zero-order chi connectivity index (χ0) is 19.3. The highest BCUT2D eigenvalue weighted by Crippen LogP contribution is 2.45. The molecule has 0 saturated heterocycles. The van der Waals surface area contributed by atoms with Crippen molar-refractivity contribution in [3.05, 3.63) is 79.2 Å². The maximum atomic E-state index is 12.7. The monoisotopic (exact) mass is 367 g/mol. The molecule has 0 saturated carbocycles. The minimum absolute atomic E-state index is 0.180. The molecular formula is C20H17NO6. The first kappa shape index (κ1) is 17.1. The van der Waals surface area contributed by atoms with E-state index in [1.807, 2.05) is 26.0 Å². The highest BCUT2D eigenvalue weighted by molar-refractivity contribution is 5.88. The zero-order valence-electron chi connectivity index (χ0n) is 15.0. The van der Waals surface area contributed by atoms with Gasteiger partial charge in [-0.25, -0.2) is 4.79 Å². The third kappa shape index (κ3) is 2.63. The lowest BCUT2D eigenvalue weighted by Crippen LogP contribution is -2.29. The van der Waals surface area contributed by atoms with E-state index in [4.69, 9.17) is 13.9 Å². The van der Waals surface area contributed by atoms with Crippen LogP contribution in [0.2, 0.25) is 0 Å². The quantitative estimate of drug-likeness (QED) is 0.399. The van der Waals surface area contributed by atoms with Gasteiger partial charge in [0.1, 0.15) is 23.0 Å². The number of fused-ring (bicyclic) bond motifs is 3. The van der Waals surface area contributed by atoms with Gasteiger partial charge >= 0.3 is 11.9 Å². The van der Waals surface area contributed by atoms with Crippen LogP contribution in [-0.4, -0.2) is 18.3 Å². The molecular weight excluding hydrogens is 350 g/mol. The Bertz CT molecular complexity index is 1120. The Balaban J connectivity index is 1.99. The number of benzene rings is 2. The Hall–Kier alpha value is -3.35. The number of hydrogen-bond acceptors (Lipinski definition) is 6. The standard InChI is InChI=1S/C20H17NO6/c1-10-8-11(2)17-14(9-10)18-16(20(22)27-17)15(19(26-18)21(23)24)12-4-6-13(25-3)7-5-12/h4-9,15,19H,1-3H3. The molecule has 4 rings (SSSR count). The van der Waals surface area contributed by atoms with Crippen molar-refractivity contribution in [3.8, 4) is 11.5 Å². The van der Waals surface area contributed by atoms with Gasteiger partial charge in [-0.15, -0.1) is 0 Å². The van der Waals surface area contributed by atoms with Gasteiger partial charge in [0.2, 0.25) is 0 Å². The van der Waals surface area contributed by atoms with Gasteiger partial charge in [-0.3, -0.25) is 10.1 Å². The van der Waals surface area contributed by atoms with Gasteiger partial charge in [0, 0.05) is 0 Å². The van der Waals surface area contributed by atoms with E-state index >= 15 is 0 Å². The lowest BCUT2D eigenvalue weighted by Gasteiger charge is -2.12. The number of hydrogen-bond donors (Lipinski definition) is 0. The summed E-state index contributed by atoms with van der Waals surface area (Å²) in [5.74, 6) is -0.00900. The van der Waals surface area contributed by atoms with Crippen molar-refractivity contribution in [1.82, 2.24) is 0 Å². The number of aryl methyl sites for hydroxylation is 2. The van der Waals surface area contributed by atoms with Gasteiger partial charge in [-0.2, -0.15) is 0 Å². The van der Waals surface area contributed by atoms with E-state index in [-0.39, 0.29) is 11.3 Å². The average Bonchev–Trinajstić information content (AvgIpc) is 3.05. The third-order valence-corrected chi connectivity index (χ3v) is 4.84. The van der Waals surface area contributed by atoms with Crippen LogP contribution in [0.1, 0.15) is 28.2 Å². The van der Waals surface area contributed by atoms with Crippen molar-refractivity contribution in [3.63, 3.8) is 0 Å². The maximum Gasteiger partial charge on any atom is 0.365 e. The maximum absolute atomic E-state index is 12.7. The molecule has 138 valence electrons. The SMILES string of the molecule is COc1ccc(C2c3c(c4cc(C)cc(C)c4oc3=O)OC2[N+](=O)[O-])cc1. The highest BCUT2D eigenvalue weighted by atomic mass is 16.7. The summed E-state index contributed by atoms with van der Waals surface area (Å²) < 4.78 is 16.4. The second kappa shape index (κ2) is 6.12. The molecule has 1 aromatic heterocycles. The Labute approximate surface area is 154 Å². The average molecular weight is 367 g/mol. The highest BCUT2D eigenvalue weighted by Gasteiger charge is 2.47. The van der Waals surface area contributed by atoms with E-state index in [0.29, 0.717) is 22.3 Å². The van der Waals surface area contributed by atoms with Crippen LogP contribution in [-0.2, 0) is 0 Å². The Morgan fingerprint density at radius 2 is 1.85 bits per heavy atom. The van der Waals surface area contributed by atoms with Crippen LogP contribution in [0.25, 0.3) is 11.0 Å². The van der Waals surface area contributed by atoms with Gasteiger partial charge in [0.15, 0.2) is 0 Å². The minimum Gasteiger partial charge on any atom is -0.497 e. The summed E-state index contributed by atoms with van der Waals surface area (Å²) in [4.78, 5) is 23.9. The van der Waals surface area contributed by atoms with Gasteiger partial charge in [-0.1, -0.05) is 18.2 Å². The minimum atomic E-state index is -1.40. The second-order valence-corrected chi connectivity index (χ2v) is 6.64. The van der Waals surface area contributed by atoms with Crippen molar-refractivity contribution in [2.75, 3.05) is 7.11 Å². The summed E-state index contributed by atoms with van der Waals surface area (Å²) in [6.45, 7) is 3.73. The Morgan fingerprint density at radius 1 is 1.15 bits per heavy atom. The van der Waals surface area contributed by atoms with Crippen molar-refractivity contribution in [2.24, 2.45) is 0 Å². The predicted molar refractivity (Wildman–Crippen MR) is 98.2 cm³/mol.